The minimum atomic E-state index is -0.624. The zero-order chi connectivity index (χ0) is 12.8. The Labute approximate surface area is 102 Å². The van der Waals surface area contributed by atoms with Gasteiger partial charge in [-0.15, -0.1) is 0 Å². The number of aliphatic hydroxyl groups excluding tert-OH is 3. The summed E-state index contributed by atoms with van der Waals surface area (Å²) in [6, 6.07) is 0. The van der Waals surface area contributed by atoms with Crippen LogP contribution in [-0.4, -0.2) is 34.6 Å². The smallest absolute Gasteiger partial charge is 0.0745 e. The lowest BCUT2D eigenvalue weighted by atomic mass is 10.2. The van der Waals surface area contributed by atoms with Gasteiger partial charge in [0.05, 0.1) is 12.7 Å². The topological polar surface area (TPSA) is 60.7 Å². The molecule has 90 valence electrons. The molecule has 0 aliphatic carbocycles. The molecule has 3 nitrogen and oxygen atoms in total. The SMILES string of the molecule is OCC=CC#CC#CC=CC=C[C@H](O)CCO. The molecule has 3 N–H and O–H groups in total. The van der Waals surface area contributed by atoms with Crippen LogP contribution in [0.1, 0.15) is 6.42 Å². The molecule has 3 heteroatoms. The fourth-order valence-corrected chi connectivity index (χ4v) is 0.792. The van der Waals surface area contributed by atoms with Crippen LogP contribution in [0, 0.1) is 23.7 Å². The lowest BCUT2D eigenvalue weighted by Gasteiger charge is -1.98. The fourth-order valence-electron chi connectivity index (χ4n) is 0.792. The second-order valence-corrected chi connectivity index (χ2v) is 2.95. The first-order chi connectivity index (χ1) is 8.31. The van der Waals surface area contributed by atoms with Crippen LogP contribution >= 0.6 is 0 Å². The zero-order valence-electron chi connectivity index (χ0n) is 9.50. The molecule has 0 radical (unpaired) electrons. The van der Waals surface area contributed by atoms with E-state index < -0.39 is 6.10 Å². The maximum absolute atomic E-state index is 9.21. The molecule has 0 aromatic heterocycles. The first kappa shape index (κ1) is 15.2. The van der Waals surface area contributed by atoms with Gasteiger partial charge in [0.15, 0.2) is 0 Å². The molecule has 0 rings (SSSR count). The van der Waals surface area contributed by atoms with Crippen LogP contribution in [0.5, 0.6) is 0 Å². The van der Waals surface area contributed by atoms with Gasteiger partial charge in [-0.1, -0.05) is 36.1 Å². The third kappa shape index (κ3) is 12.2. The third-order valence-corrected chi connectivity index (χ3v) is 1.56. The van der Waals surface area contributed by atoms with Gasteiger partial charge < -0.3 is 15.3 Å². The van der Waals surface area contributed by atoms with Gasteiger partial charge in [0.1, 0.15) is 0 Å². The highest BCUT2D eigenvalue weighted by Gasteiger charge is 1.93. The van der Waals surface area contributed by atoms with Gasteiger partial charge in [0.2, 0.25) is 0 Å². The molecule has 0 fully saturated rings. The number of allylic oxidation sites excluding steroid dienone is 4. The fraction of sp³-hybridized carbons (Fsp3) is 0.286. The van der Waals surface area contributed by atoms with Gasteiger partial charge in [-0.05, 0) is 30.4 Å². The first-order valence-electron chi connectivity index (χ1n) is 5.20. The molecule has 0 amide bonds. The van der Waals surface area contributed by atoms with E-state index in [-0.39, 0.29) is 13.2 Å². The van der Waals surface area contributed by atoms with Gasteiger partial charge in [-0.3, -0.25) is 0 Å². The average Bonchev–Trinajstić information content (AvgIpc) is 2.32. The summed E-state index contributed by atoms with van der Waals surface area (Å²) in [5, 5.41) is 26.1. The molecule has 0 bridgehead atoms. The van der Waals surface area contributed by atoms with Crippen molar-refractivity contribution in [3.8, 4) is 23.7 Å². The van der Waals surface area contributed by atoms with Crippen molar-refractivity contribution in [2.45, 2.75) is 12.5 Å². The van der Waals surface area contributed by atoms with E-state index in [1.165, 1.54) is 12.2 Å². The van der Waals surface area contributed by atoms with Gasteiger partial charge in [0.25, 0.3) is 0 Å². The Kier molecular flexibility index (Phi) is 11.0. The van der Waals surface area contributed by atoms with Crippen molar-refractivity contribution < 1.29 is 15.3 Å². The Hall–Kier alpha value is -1.78. The molecule has 17 heavy (non-hydrogen) atoms. The summed E-state index contributed by atoms with van der Waals surface area (Å²) in [4.78, 5) is 0. The third-order valence-electron chi connectivity index (χ3n) is 1.56. The summed E-state index contributed by atoms with van der Waals surface area (Å²) in [6.45, 7) is -0.0606. The second-order valence-electron chi connectivity index (χ2n) is 2.95. The van der Waals surface area contributed by atoms with Crippen molar-refractivity contribution in [2.75, 3.05) is 13.2 Å². The predicted octanol–water partition coefficient (Wildman–Crippen LogP) is 0.397. The van der Waals surface area contributed by atoms with E-state index in [0.29, 0.717) is 6.42 Å². The van der Waals surface area contributed by atoms with Gasteiger partial charge in [0, 0.05) is 6.61 Å². The number of aliphatic hydroxyl groups is 3. The molecular formula is C14H16O3. The standard InChI is InChI=1S/C14H16O3/c15-12-9-7-5-3-1-2-4-6-8-10-14(17)11-13-16/h4,6-10,14-17H,11-13H2/t14-/m0/s1. The zero-order valence-corrected chi connectivity index (χ0v) is 9.50. The van der Waals surface area contributed by atoms with E-state index in [4.69, 9.17) is 10.2 Å². The maximum Gasteiger partial charge on any atom is 0.0745 e. The minimum absolute atomic E-state index is 0.0248. The van der Waals surface area contributed by atoms with E-state index in [1.54, 1.807) is 24.3 Å². The summed E-state index contributed by atoms with van der Waals surface area (Å²) in [5.74, 6) is 10.5. The number of rotatable bonds is 5. The van der Waals surface area contributed by atoms with Crippen LogP contribution in [0.4, 0.5) is 0 Å². The van der Waals surface area contributed by atoms with Crippen LogP contribution in [0.25, 0.3) is 0 Å². The van der Waals surface area contributed by atoms with Gasteiger partial charge in [-0.2, -0.15) is 0 Å². The summed E-state index contributed by atoms with van der Waals surface area (Å²) in [5.41, 5.74) is 0. The maximum atomic E-state index is 9.21. The van der Waals surface area contributed by atoms with E-state index in [1.807, 2.05) is 0 Å². The Balaban J connectivity index is 3.90. The molecule has 0 heterocycles. The Bertz CT molecular complexity index is 383. The van der Waals surface area contributed by atoms with Crippen LogP contribution in [-0.2, 0) is 0 Å². The number of hydrogen-bond acceptors (Lipinski definition) is 3. The van der Waals surface area contributed by atoms with Gasteiger partial charge >= 0.3 is 0 Å². The van der Waals surface area contributed by atoms with E-state index >= 15 is 0 Å². The molecule has 0 aliphatic rings. The highest BCUT2D eigenvalue weighted by molar-refractivity contribution is 5.34. The average molecular weight is 232 g/mol. The second kappa shape index (κ2) is 12.3. The van der Waals surface area contributed by atoms with Crippen molar-refractivity contribution in [1.29, 1.82) is 0 Å². The lowest BCUT2D eigenvalue weighted by Crippen LogP contribution is -2.03. The Morgan fingerprint density at radius 3 is 2.35 bits per heavy atom. The van der Waals surface area contributed by atoms with E-state index in [2.05, 4.69) is 23.7 Å². The predicted molar refractivity (Wildman–Crippen MR) is 67.8 cm³/mol. The molecular weight excluding hydrogens is 216 g/mol. The van der Waals surface area contributed by atoms with E-state index in [0.717, 1.165) is 0 Å². The van der Waals surface area contributed by atoms with Crippen LogP contribution < -0.4 is 0 Å². The summed E-state index contributed by atoms with van der Waals surface area (Å²) in [7, 11) is 0. The molecule has 0 spiro atoms. The Morgan fingerprint density at radius 2 is 1.71 bits per heavy atom. The van der Waals surface area contributed by atoms with E-state index in [9.17, 15) is 5.11 Å². The first-order valence-corrected chi connectivity index (χ1v) is 5.20. The van der Waals surface area contributed by atoms with Crippen molar-refractivity contribution in [3.05, 3.63) is 36.5 Å². The summed E-state index contributed by atoms with van der Waals surface area (Å²) >= 11 is 0. The molecule has 0 aliphatic heterocycles. The quantitative estimate of drug-likeness (QED) is 0.475. The lowest BCUT2D eigenvalue weighted by molar-refractivity contribution is 0.170. The highest BCUT2D eigenvalue weighted by Crippen LogP contribution is 1.91. The summed E-state index contributed by atoms with van der Waals surface area (Å²) < 4.78 is 0. The van der Waals surface area contributed by atoms with Crippen molar-refractivity contribution in [2.24, 2.45) is 0 Å². The molecule has 0 unspecified atom stereocenters. The largest absolute Gasteiger partial charge is 0.396 e. The summed E-state index contributed by atoms with van der Waals surface area (Å²) in [6.07, 6.45) is 9.28. The molecule has 0 saturated heterocycles. The van der Waals surface area contributed by atoms with Crippen LogP contribution in [0.2, 0.25) is 0 Å². The van der Waals surface area contributed by atoms with Gasteiger partial charge in [-0.25, -0.2) is 0 Å². The monoisotopic (exact) mass is 232 g/mol. The normalized spacial score (nSPS) is 12.4. The van der Waals surface area contributed by atoms with Crippen LogP contribution in [0.15, 0.2) is 36.5 Å². The van der Waals surface area contributed by atoms with Crippen molar-refractivity contribution in [3.63, 3.8) is 0 Å². The highest BCUT2D eigenvalue weighted by atomic mass is 16.3. The molecule has 0 aromatic rings. The molecule has 0 aromatic carbocycles. The number of hydrogen-bond donors (Lipinski definition) is 3. The Morgan fingerprint density at radius 1 is 1.00 bits per heavy atom. The van der Waals surface area contributed by atoms with Crippen LogP contribution in [0.3, 0.4) is 0 Å². The molecule has 0 saturated carbocycles. The van der Waals surface area contributed by atoms with Crippen molar-refractivity contribution >= 4 is 0 Å². The molecule has 1 atom stereocenters. The van der Waals surface area contributed by atoms with Crippen molar-refractivity contribution in [1.82, 2.24) is 0 Å². The minimum Gasteiger partial charge on any atom is -0.396 e.